The molecule has 6 nitrogen and oxygen atoms in total. The third-order valence-corrected chi connectivity index (χ3v) is 5.31. The number of anilines is 1. The van der Waals surface area contributed by atoms with E-state index in [1.54, 1.807) is 42.7 Å². The molecule has 1 aliphatic carbocycles. The summed E-state index contributed by atoms with van der Waals surface area (Å²) < 4.78 is 40.2. The highest BCUT2D eigenvalue weighted by Gasteiger charge is 2.44. The molecule has 0 bridgehead atoms. The van der Waals surface area contributed by atoms with Gasteiger partial charge in [0, 0.05) is 30.5 Å². The van der Waals surface area contributed by atoms with Crippen molar-refractivity contribution in [2.75, 3.05) is 5.32 Å². The van der Waals surface area contributed by atoms with E-state index in [4.69, 9.17) is 0 Å². The number of rotatable bonds is 7. The molecule has 2 atom stereocenters. The van der Waals surface area contributed by atoms with E-state index in [0.717, 1.165) is 17.7 Å². The van der Waals surface area contributed by atoms with Crippen molar-refractivity contribution in [2.24, 2.45) is 5.92 Å². The van der Waals surface area contributed by atoms with Gasteiger partial charge in [-0.3, -0.25) is 14.3 Å². The van der Waals surface area contributed by atoms with E-state index in [0.29, 0.717) is 17.7 Å². The zero-order valence-corrected chi connectivity index (χ0v) is 17.0. The number of aromatic nitrogens is 2. The number of amides is 2. The Labute approximate surface area is 182 Å². The van der Waals surface area contributed by atoms with E-state index >= 15 is 0 Å². The summed E-state index contributed by atoms with van der Waals surface area (Å²) in [5.74, 6) is -0.960. The van der Waals surface area contributed by atoms with E-state index in [-0.39, 0.29) is 36.7 Å². The Kier molecular flexibility index (Phi) is 5.98. The Balaban J connectivity index is 1.29. The van der Waals surface area contributed by atoms with Gasteiger partial charge >= 0.3 is 6.18 Å². The predicted octanol–water partition coefficient (Wildman–Crippen LogP) is 3.96. The van der Waals surface area contributed by atoms with Crippen molar-refractivity contribution in [1.82, 2.24) is 15.1 Å². The molecule has 4 rings (SSSR count). The van der Waals surface area contributed by atoms with Crippen LogP contribution in [0.5, 0.6) is 0 Å². The first-order valence-electron chi connectivity index (χ1n) is 10.1. The topological polar surface area (TPSA) is 76.0 Å². The average Bonchev–Trinajstić information content (AvgIpc) is 3.41. The van der Waals surface area contributed by atoms with Gasteiger partial charge in [0.15, 0.2) is 0 Å². The van der Waals surface area contributed by atoms with Crippen molar-refractivity contribution >= 4 is 17.5 Å². The second kappa shape index (κ2) is 8.86. The summed E-state index contributed by atoms with van der Waals surface area (Å²) in [6.45, 7) is 0.347. The molecule has 2 amide bonds. The van der Waals surface area contributed by atoms with Gasteiger partial charge in [0.1, 0.15) is 6.54 Å². The van der Waals surface area contributed by atoms with Gasteiger partial charge in [-0.15, -0.1) is 0 Å². The zero-order chi connectivity index (χ0) is 22.7. The molecule has 1 heterocycles. The largest absolute Gasteiger partial charge is 0.416 e. The fourth-order valence-corrected chi connectivity index (χ4v) is 3.62. The van der Waals surface area contributed by atoms with Crippen LogP contribution in [0.1, 0.15) is 29.0 Å². The van der Waals surface area contributed by atoms with Crippen LogP contribution in [0.3, 0.4) is 0 Å². The Morgan fingerprint density at radius 3 is 2.66 bits per heavy atom. The highest BCUT2D eigenvalue weighted by Crippen LogP contribution is 2.48. The second-order valence-electron chi connectivity index (χ2n) is 7.74. The molecule has 3 aromatic rings. The quantitative estimate of drug-likeness (QED) is 0.582. The number of carbonyl (C=O) groups is 2. The Hall–Kier alpha value is -3.62. The maximum atomic E-state index is 12.9. The second-order valence-corrected chi connectivity index (χ2v) is 7.74. The molecule has 1 fully saturated rings. The predicted molar refractivity (Wildman–Crippen MR) is 111 cm³/mol. The van der Waals surface area contributed by atoms with Crippen molar-refractivity contribution in [3.05, 3.63) is 83.7 Å². The van der Waals surface area contributed by atoms with Crippen molar-refractivity contribution in [3.8, 4) is 0 Å². The van der Waals surface area contributed by atoms with Crippen LogP contribution in [-0.2, 0) is 28.9 Å². The van der Waals surface area contributed by atoms with E-state index < -0.39 is 11.7 Å². The van der Waals surface area contributed by atoms with Crippen LogP contribution in [0.4, 0.5) is 18.9 Å². The molecule has 1 saturated carbocycles. The minimum atomic E-state index is -4.40. The van der Waals surface area contributed by atoms with Crippen LogP contribution < -0.4 is 10.6 Å². The first-order valence-corrected chi connectivity index (χ1v) is 10.1. The fraction of sp³-hybridized carbons (Fsp3) is 0.261. The minimum Gasteiger partial charge on any atom is -0.352 e. The standard InChI is InChI=1S/C23H21F3N4O2/c24-23(25,26)17-6-2-5-16(11-17)19-12-20(19)22(32)27-13-15-4-1-7-18(10-15)29-21(31)14-30-9-3-8-28-30/h1-11,19-20H,12-14H2,(H,27,32)(H,29,31). The maximum absolute atomic E-state index is 12.9. The van der Waals surface area contributed by atoms with Crippen LogP contribution in [0.25, 0.3) is 0 Å². The molecule has 0 radical (unpaired) electrons. The summed E-state index contributed by atoms with van der Waals surface area (Å²) in [5, 5.41) is 9.60. The van der Waals surface area contributed by atoms with E-state index in [9.17, 15) is 22.8 Å². The molecule has 1 aromatic heterocycles. The van der Waals surface area contributed by atoms with E-state index in [1.165, 1.54) is 10.7 Å². The van der Waals surface area contributed by atoms with Crippen molar-refractivity contribution < 1.29 is 22.8 Å². The number of carbonyl (C=O) groups excluding carboxylic acids is 2. The lowest BCUT2D eigenvalue weighted by Gasteiger charge is -2.10. The highest BCUT2D eigenvalue weighted by molar-refractivity contribution is 5.90. The monoisotopic (exact) mass is 442 g/mol. The SMILES string of the molecule is O=C(Cn1cccn1)Nc1cccc(CNC(=O)C2CC2c2cccc(C(F)(F)F)c2)c1. The van der Waals surface area contributed by atoms with Crippen LogP contribution in [-0.4, -0.2) is 21.6 Å². The number of hydrogen-bond acceptors (Lipinski definition) is 3. The lowest BCUT2D eigenvalue weighted by atomic mass is 10.1. The number of benzene rings is 2. The van der Waals surface area contributed by atoms with Crippen LogP contribution in [0.15, 0.2) is 67.0 Å². The summed E-state index contributed by atoms with van der Waals surface area (Å²) in [5.41, 5.74) is 1.23. The number of nitrogens with zero attached hydrogens (tertiary/aromatic N) is 2. The van der Waals surface area contributed by atoms with Gasteiger partial charge in [-0.25, -0.2) is 0 Å². The molecule has 9 heteroatoms. The van der Waals surface area contributed by atoms with Crippen molar-refractivity contribution in [1.29, 1.82) is 0 Å². The first kappa shape index (κ1) is 21.6. The molecule has 0 spiro atoms. The molecule has 0 saturated heterocycles. The Morgan fingerprint density at radius 2 is 1.91 bits per heavy atom. The third-order valence-electron chi connectivity index (χ3n) is 5.31. The van der Waals surface area contributed by atoms with Crippen LogP contribution >= 0.6 is 0 Å². The molecule has 1 aliphatic rings. The molecule has 0 aliphatic heterocycles. The normalized spacial score (nSPS) is 17.6. The van der Waals surface area contributed by atoms with Gasteiger partial charge in [0.25, 0.3) is 0 Å². The summed E-state index contributed by atoms with van der Waals surface area (Å²) in [4.78, 5) is 24.6. The van der Waals surface area contributed by atoms with Gasteiger partial charge < -0.3 is 10.6 Å². The van der Waals surface area contributed by atoms with Crippen LogP contribution in [0.2, 0.25) is 0 Å². The molecular weight excluding hydrogens is 421 g/mol. The number of halogens is 3. The van der Waals surface area contributed by atoms with Gasteiger partial charge in [0.05, 0.1) is 5.56 Å². The van der Waals surface area contributed by atoms with Crippen molar-refractivity contribution in [2.45, 2.75) is 31.6 Å². The number of nitrogens with one attached hydrogen (secondary N) is 2. The van der Waals surface area contributed by atoms with Crippen LogP contribution in [0, 0.1) is 5.92 Å². The summed E-state index contributed by atoms with van der Waals surface area (Å²) in [6, 6.07) is 14.0. The smallest absolute Gasteiger partial charge is 0.352 e. The maximum Gasteiger partial charge on any atom is 0.416 e. The van der Waals surface area contributed by atoms with Gasteiger partial charge in [-0.05, 0) is 47.7 Å². The summed E-state index contributed by atoms with van der Waals surface area (Å²) in [7, 11) is 0. The number of alkyl halides is 3. The minimum absolute atomic E-state index is 0.0899. The average molecular weight is 442 g/mol. The molecular formula is C23H21F3N4O2. The molecule has 2 N–H and O–H groups in total. The summed E-state index contributed by atoms with van der Waals surface area (Å²) >= 11 is 0. The van der Waals surface area contributed by atoms with Gasteiger partial charge in [0.2, 0.25) is 11.8 Å². The lowest BCUT2D eigenvalue weighted by molar-refractivity contribution is -0.137. The Morgan fingerprint density at radius 1 is 1.09 bits per heavy atom. The number of hydrogen-bond donors (Lipinski definition) is 2. The fourth-order valence-electron chi connectivity index (χ4n) is 3.62. The molecule has 2 unspecified atom stereocenters. The first-order chi connectivity index (χ1) is 15.3. The molecule has 2 aromatic carbocycles. The van der Waals surface area contributed by atoms with Gasteiger partial charge in [-0.2, -0.15) is 18.3 Å². The molecule has 166 valence electrons. The van der Waals surface area contributed by atoms with Crippen molar-refractivity contribution in [3.63, 3.8) is 0 Å². The van der Waals surface area contributed by atoms with Gasteiger partial charge in [-0.1, -0.05) is 30.3 Å². The highest BCUT2D eigenvalue weighted by atomic mass is 19.4. The third kappa shape index (κ3) is 5.35. The Bertz CT molecular complexity index is 1110. The van der Waals surface area contributed by atoms with E-state index in [1.807, 2.05) is 6.07 Å². The lowest BCUT2D eigenvalue weighted by Crippen LogP contribution is -2.25. The zero-order valence-electron chi connectivity index (χ0n) is 17.0. The summed E-state index contributed by atoms with van der Waals surface area (Å²) in [6.07, 6.45) is -0.595. The molecule has 32 heavy (non-hydrogen) atoms. The van der Waals surface area contributed by atoms with E-state index in [2.05, 4.69) is 15.7 Å².